The third kappa shape index (κ3) is 4.62. The van der Waals surface area contributed by atoms with Crippen molar-refractivity contribution < 1.29 is 29.0 Å². The minimum Gasteiger partial charge on any atom is -0.459 e. The van der Waals surface area contributed by atoms with E-state index in [0.717, 1.165) is 4.90 Å². The van der Waals surface area contributed by atoms with Crippen molar-refractivity contribution in [1.82, 2.24) is 4.90 Å². The number of rotatable bonds is 8. The van der Waals surface area contributed by atoms with Crippen LogP contribution in [0.3, 0.4) is 0 Å². The van der Waals surface area contributed by atoms with E-state index >= 15 is 0 Å². The van der Waals surface area contributed by atoms with Gasteiger partial charge in [-0.15, -0.1) is 0 Å². The summed E-state index contributed by atoms with van der Waals surface area (Å²) in [6, 6.07) is 26.2. The number of ether oxygens (including phenoxy) is 2. The number of nitrogens with zero attached hydrogens (tertiary/aromatic N) is 1. The molecule has 1 aliphatic rings. The van der Waals surface area contributed by atoms with Crippen LogP contribution in [0.25, 0.3) is 0 Å². The van der Waals surface area contributed by atoms with Gasteiger partial charge in [0.1, 0.15) is 18.8 Å². The van der Waals surface area contributed by atoms with Gasteiger partial charge in [-0.05, 0) is 30.5 Å². The summed E-state index contributed by atoms with van der Waals surface area (Å²) in [4.78, 5) is 42.1. The third-order valence-corrected chi connectivity index (χ3v) is 6.59. The minimum absolute atomic E-state index is 0.134. The van der Waals surface area contributed by atoms with Crippen LogP contribution in [0.5, 0.6) is 0 Å². The van der Waals surface area contributed by atoms with E-state index in [2.05, 4.69) is 0 Å². The zero-order valence-electron chi connectivity index (χ0n) is 20.3. The summed E-state index contributed by atoms with van der Waals surface area (Å²) in [5, 5.41) is 11.5. The maximum absolute atomic E-state index is 13.8. The first-order valence-corrected chi connectivity index (χ1v) is 11.8. The van der Waals surface area contributed by atoms with E-state index in [4.69, 9.17) is 9.47 Å². The fourth-order valence-corrected chi connectivity index (χ4v) is 4.72. The van der Waals surface area contributed by atoms with Crippen LogP contribution in [0.4, 0.5) is 0 Å². The lowest BCUT2D eigenvalue weighted by molar-refractivity contribution is -0.192. The van der Waals surface area contributed by atoms with E-state index in [1.54, 1.807) is 79.7 Å². The largest absolute Gasteiger partial charge is 0.459 e. The Kier molecular flexibility index (Phi) is 7.22. The average molecular weight is 488 g/mol. The van der Waals surface area contributed by atoms with Crippen LogP contribution in [-0.2, 0) is 37.1 Å². The second-order valence-corrected chi connectivity index (χ2v) is 9.13. The Labute approximate surface area is 210 Å². The highest BCUT2D eigenvalue weighted by Gasteiger charge is 2.72. The molecule has 3 aromatic rings. The van der Waals surface area contributed by atoms with Crippen LogP contribution in [-0.4, -0.2) is 39.0 Å². The second-order valence-electron chi connectivity index (χ2n) is 9.13. The number of hydrogen-bond donors (Lipinski definition) is 1. The zero-order valence-corrected chi connectivity index (χ0v) is 20.3. The molecule has 0 aliphatic carbocycles. The smallest absolute Gasteiger partial charge is 0.347 e. The molecule has 1 aliphatic heterocycles. The number of likely N-dealkylation sites (tertiary alicyclic amines) is 1. The van der Waals surface area contributed by atoms with Crippen molar-refractivity contribution in [2.75, 3.05) is 0 Å². The quantitative estimate of drug-likeness (QED) is 0.382. The summed E-state index contributed by atoms with van der Waals surface area (Å²) in [6.45, 7) is 2.74. The Balaban J connectivity index is 1.75. The molecule has 0 bridgehead atoms. The van der Waals surface area contributed by atoms with Crippen molar-refractivity contribution in [3.05, 3.63) is 108 Å². The summed E-state index contributed by atoms with van der Waals surface area (Å²) in [5.74, 6) is -2.63. The fourth-order valence-electron chi connectivity index (χ4n) is 4.72. The van der Waals surface area contributed by atoms with Crippen molar-refractivity contribution in [2.24, 2.45) is 0 Å². The van der Waals surface area contributed by atoms with Gasteiger partial charge in [-0.3, -0.25) is 4.79 Å². The molecule has 2 unspecified atom stereocenters. The predicted molar refractivity (Wildman–Crippen MR) is 132 cm³/mol. The standard InChI is InChI=1S/C29H29NO6/c1-21(24-16-10-5-11-17-24)30-25(31)18-28(2,34)29(30,26(32)35-19-22-12-6-3-7-13-22)27(33)36-20-23-14-8-4-9-15-23/h3-17,21,34H,18-20H2,1-2H3. The summed E-state index contributed by atoms with van der Waals surface area (Å²) < 4.78 is 11.2. The molecule has 36 heavy (non-hydrogen) atoms. The highest BCUT2D eigenvalue weighted by atomic mass is 16.6. The molecule has 7 nitrogen and oxygen atoms in total. The maximum Gasteiger partial charge on any atom is 0.347 e. The molecule has 1 saturated heterocycles. The normalized spacial score (nSPS) is 19.5. The SMILES string of the molecule is CC(c1ccccc1)N1C(=O)CC(C)(O)C1(C(=O)OCc1ccccc1)C(=O)OCc1ccccc1. The molecule has 0 radical (unpaired) electrons. The molecule has 0 saturated carbocycles. The lowest BCUT2D eigenvalue weighted by atomic mass is 9.80. The number of hydrogen-bond acceptors (Lipinski definition) is 6. The first kappa shape index (κ1) is 25.1. The molecule has 2 atom stereocenters. The van der Waals surface area contributed by atoms with Crippen LogP contribution in [0, 0.1) is 0 Å². The summed E-state index contributed by atoms with van der Waals surface area (Å²) in [7, 11) is 0. The molecule has 1 N–H and O–H groups in total. The molecule has 0 spiro atoms. The second kappa shape index (κ2) is 10.3. The van der Waals surface area contributed by atoms with Gasteiger partial charge < -0.3 is 19.5 Å². The van der Waals surface area contributed by atoms with Gasteiger partial charge in [0.2, 0.25) is 5.91 Å². The van der Waals surface area contributed by atoms with Gasteiger partial charge in [0.25, 0.3) is 5.54 Å². The average Bonchev–Trinajstić information content (AvgIpc) is 3.12. The number of aliphatic hydroxyl groups is 1. The number of carbonyl (C=O) groups excluding carboxylic acids is 3. The molecule has 1 heterocycles. The Morgan fingerprint density at radius 3 is 1.69 bits per heavy atom. The fraction of sp³-hybridized carbons (Fsp3) is 0.276. The zero-order chi connectivity index (χ0) is 25.8. The maximum atomic E-state index is 13.8. The Morgan fingerprint density at radius 1 is 0.833 bits per heavy atom. The van der Waals surface area contributed by atoms with Crippen molar-refractivity contribution in [1.29, 1.82) is 0 Å². The molecular formula is C29H29NO6. The molecule has 4 rings (SSSR count). The molecule has 3 aromatic carbocycles. The summed E-state index contributed by atoms with van der Waals surface area (Å²) in [6.07, 6.45) is -0.439. The molecule has 7 heteroatoms. The summed E-state index contributed by atoms with van der Waals surface area (Å²) in [5.41, 5.74) is -2.38. The molecule has 1 fully saturated rings. The van der Waals surface area contributed by atoms with Gasteiger partial charge in [0.05, 0.1) is 12.5 Å². The van der Waals surface area contributed by atoms with E-state index in [1.807, 2.05) is 18.2 Å². The Morgan fingerprint density at radius 2 is 1.25 bits per heavy atom. The van der Waals surface area contributed by atoms with E-state index in [-0.39, 0.29) is 13.2 Å². The van der Waals surface area contributed by atoms with Crippen molar-refractivity contribution in [3.63, 3.8) is 0 Å². The van der Waals surface area contributed by atoms with Gasteiger partial charge in [-0.25, -0.2) is 9.59 Å². The highest BCUT2D eigenvalue weighted by molar-refractivity contribution is 6.12. The van der Waals surface area contributed by atoms with Gasteiger partial charge in [0.15, 0.2) is 0 Å². The molecule has 1 amide bonds. The highest BCUT2D eigenvalue weighted by Crippen LogP contribution is 2.46. The van der Waals surface area contributed by atoms with E-state index in [0.29, 0.717) is 16.7 Å². The Hall–Kier alpha value is -3.97. The van der Waals surface area contributed by atoms with Gasteiger partial charge >= 0.3 is 11.9 Å². The van der Waals surface area contributed by atoms with Crippen LogP contribution >= 0.6 is 0 Å². The predicted octanol–water partition coefficient (Wildman–Crippen LogP) is 3.96. The summed E-state index contributed by atoms with van der Waals surface area (Å²) >= 11 is 0. The number of esters is 2. The first-order chi connectivity index (χ1) is 17.3. The van der Waals surface area contributed by atoms with Gasteiger partial charge in [0, 0.05) is 0 Å². The van der Waals surface area contributed by atoms with Crippen LogP contribution in [0.15, 0.2) is 91.0 Å². The monoisotopic (exact) mass is 487 g/mol. The van der Waals surface area contributed by atoms with E-state index < -0.39 is 41.4 Å². The van der Waals surface area contributed by atoms with Crippen molar-refractivity contribution in [2.45, 2.75) is 50.7 Å². The van der Waals surface area contributed by atoms with Crippen molar-refractivity contribution >= 4 is 17.8 Å². The van der Waals surface area contributed by atoms with Crippen molar-refractivity contribution in [3.8, 4) is 0 Å². The third-order valence-electron chi connectivity index (χ3n) is 6.59. The number of amides is 1. The lowest BCUT2D eigenvalue weighted by Crippen LogP contribution is -2.68. The number of benzene rings is 3. The molecule has 186 valence electrons. The lowest BCUT2D eigenvalue weighted by Gasteiger charge is -2.42. The van der Waals surface area contributed by atoms with Crippen LogP contribution in [0.1, 0.15) is 43.0 Å². The first-order valence-electron chi connectivity index (χ1n) is 11.8. The molecular weight excluding hydrogens is 458 g/mol. The van der Waals surface area contributed by atoms with E-state index in [1.165, 1.54) is 6.92 Å². The Bertz CT molecular complexity index is 1150. The van der Waals surface area contributed by atoms with Crippen LogP contribution < -0.4 is 0 Å². The topological polar surface area (TPSA) is 93.1 Å². The minimum atomic E-state index is -2.40. The molecule has 0 aromatic heterocycles. The van der Waals surface area contributed by atoms with E-state index in [9.17, 15) is 19.5 Å². The van der Waals surface area contributed by atoms with Gasteiger partial charge in [-0.2, -0.15) is 0 Å². The van der Waals surface area contributed by atoms with Crippen LogP contribution in [0.2, 0.25) is 0 Å². The van der Waals surface area contributed by atoms with Gasteiger partial charge in [-0.1, -0.05) is 91.0 Å². The number of carbonyl (C=O) groups is 3.